The average molecular weight is 302 g/mol. The number of rotatable bonds is 5. The minimum Gasteiger partial charge on any atom is -0.465 e. The predicted octanol–water partition coefficient (Wildman–Crippen LogP) is 3.15. The number of esters is 2. The molecule has 2 rings (SSSR count). The SMILES string of the molecule is CCOC(=O)C(C)(C(=O)OCC)C1=Cc2ccccc2CC1. The Balaban J connectivity index is 2.44. The molecule has 0 unspecified atom stereocenters. The van der Waals surface area contributed by atoms with Crippen LogP contribution in [0.15, 0.2) is 29.8 Å². The average Bonchev–Trinajstić information content (AvgIpc) is 2.54. The molecule has 0 N–H and O–H groups in total. The summed E-state index contributed by atoms with van der Waals surface area (Å²) in [5.41, 5.74) is 1.65. The maximum atomic E-state index is 12.4. The quantitative estimate of drug-likeness (QED) is 0.619. The monoisotopic (exact) mass is 302 g/mol. The predicted molar refractivity (Wildman–Crippen MR) is 84.1 cm³/mol. The van der Waals surface area contributed by atoms with E-state index in [4.69, 9.17) is 9.47 Å². The fourth-order valence-electron chi connectivity index (χ4n) is 2.72. The van der Waals surface area contributed by atoms with Crippen molar-refractivity contribution in [2.24, 2.45) is 5.41 Å². The lowest BCUT2D eigenvalue weighted by Gasteiger charge is -2.30. The first-order valence-corrected chi connectivity index (χ1v) is 7.67. The van der Waals surface area contributed by atoms with Crippen molar-refractivity contribution in [3.05, 3.63) is 41.0 Å². The highest BCUT2D eigenvalue weighted by atomic mass is 16.6. The maximum absolute atomic E-state index is 12.4. The Bertz CT molecular complexity index is 583. The summed E-state index contributed by atoms with van der Waals surface area (Å²) in [6.45, 7) is 5.53. The largest absolute Gasteiger partial charge is 0.465 e. The molecule has 0 aliphatic heterocycles. The van der Waals surface area contributed by atoms with E-state index in [0.29, 0.717) is 6.42 Å². The minimum atomic E-state index is -1.38. The van der Waals surface area contributed by atoms with Gasteiger partial charge in [-0.3, -0.25) is 9.59 Å². The fourth-order valence-corrected chi connectivity index (χ4v) is 2.72. The second kappa shape index (κ2) is 6.77. The van der Waals surface area contributed by atoms with Gasteiger partial charge in [0.1, 0.15) is 0 Å². The second-order valence-electron chi connectivity index (χ2n) is 5.43. The first-order chi connectivity index (χ1) is 10.5. The van der Waals surface area contributed by atoms with Crippen LogP contribution in [-0.2, 0) is 25.5 Å². The lowest BCUT2D eigenvalue weighted by Crippen LogP contribution is -2.41. The molecule has 1 aliphatic carbocycles. The van der Waals surface area contributed by atoms with Crippen molar-refractivity contribution in [2.75, 3.05) is 13.2 Å². The van der Waals surface area contributed by atoms with Crippen LogP contribution >= 0.6 is 0 Å². The van der Waals surface area contributed by atoms with Crippen LogP contribution in [0.4, 0.5) is 0 Å². The van der Waals surface area contributed by atoms with Gasteiger partial charge < -0.3 is 9.47 Å². The molecule has 1 aromatic rings. The summed E-state index contributed by atoms with van der Waals surface area (Å²) in [4.78, 5) is 24.9. The molecule has 0 heterocycles. The van der Waals surface area contributed by atoms with Gasteiger partial charge >= 0.3 is 11.9 Å². The molecule has 1 aliphatic rings. The molecule has 0 atom stereocenters. The summed E-state index contributed by atoms with van der Waals surface area (Å²) in [5, 5.41) is 0. The molecule has 0 spiro atoms. The summed E-state index contributed by atoms with van der Waals surface area (Å²) in [5.74, 6) is -1.09. The zero-order chi connectivity index (χ0) is 16.2. The summed E-state index contributed by atoms with van der Waals surface area (Å²) >= 11 is 0. The maximum Gasteiger partial charge on any atom is 0.327 e. The Morgan fingerprint density at radius 3 is 2.23 bits per heavy atom. The van der Waals surface area contributed by atoms with Gasteiger partial charge in [0.25, 0.3) is 0 Å². The van der Waals surface area contributed by atoms with Gasteiger partial charge in [0.2, 0.25) is 0 Å². The number of carbonyl (C=O) groups is 2. The highest BCUT2D eigenvalue weighted by molar-refractivity contribution is 6.04. The van der Waals surface area contributed by atoms with E-state index in [0.717, 1.165) is 17.6 Å². The number of aryl methyl sites for hydroxylation is 1. The summed E-state index contributed by atoms with van der Waals surface area (Å²) in [7, 11) is 0. The van der Waals surface area contributed by atoms with Crippen molar-refractivity contribution in [3.63, 3.8) is 0 Å². The van der Waals surface area contributed by atoms with E-state index in [9.17, 15) is 9.59 Å². The molecule has 0 radical (unpaired) electrons. The van der Waals surface area contributed by atoms with Gasteiger partial charge in [0.15, 0.2) is 5.41 Å². The van der Waals surface area contributed by atoms with Gasteiger partial charge in [-0.05, 0) is 50.3 Å². The van der Waals surface area contributed by atoms with E-state index >= 15 is 0 Å². The van der Waals surface area contributed by atoms with Crippen molar-refractivity contribution < 1.29 is 19.1 Å². The number of hydrogen-bond acceptors (Lipinski definition) is 4. The minimum absolute atomic E-state index is 0.234. The third kappa shape index (κ3) is 2.91. The number of benzene rings is 1. The first kappa shape index (κ1) is 16.3. The molecule has 0 aromatic heterocycles. The Labute approximate surface area is 131 Å². The number of ether oxygens (including phenoxy) is 2. The molecule has 0 fully saturated rings. The van der Waals surface area contributed by atoms with Crippen LogP contribution in [0.3, 0.4) is 0 Å². The zero-order valence-electron chi connectivity index (χ0n) is 13.3. The van der Waals surface area contributed by atoms with Crippen LogP contribution in [-0.4, -0.2) is 25.2 Å². The molecule has 0 bridgehead atoms. The van der Waals surface area contributed by atoms with Gasteiger partial charge in [0, 0.05) is 0 Å². The zero-order valence-corrected chi connectivity index (χ0v) is 13.3. The summed E-state index contributed by atoms with van der Waals surface area (Å²) in [6.07, 6.45) is 3.37. The van der Waals surface area contributed by atoms with Crippen LogP contribution < -0.4 is 0 Å². The molecule has 118 valence electrons. The second-order valence-corrected chi connectivity index (χ2v) is 5.43. The highest BCUT2D eigenvalue weighted by Gasteiger charge is 2.47. The molecule has 4 heteroatoms. The molecule has 0 saturated heterocycles. The fraction of sp³-hybridized carbons (Fsp3) is 0.444. The first-order valence-electron chi connectivity index (χ1n) is 7.67. The molecule has 0 amide bonds. The standard InChI is InChI=1S/C18H22O4/c1-4-21-16(19)18(3,17(20)22-5-2)15-11-10-13-8-6-7-9-14(13)12-15/h6-9,12H,4-5,10-11H2,1-3H3. The third-order valence-electron chi connectivity index (χ3n) is 4.06. The van der Waals surface area contributed by atoms with E-state index < -0.39 is 17.4 Å². The Morgan fingerprint density at radius 1 is 1.05 bits per heavy atom. The Kier molecular flexibility index (Phi) is 5.01. The number of hydrogen-bond donors (Lipinski definition) is 0. The Morgan fingerprint density at radius 2 is 1.64 bits per heavy atom. The van der Waals surface area contributed by atoms with E-state index in [1.54, 1.807) is 20.8 Å². The normalized spacial score (nSPS) is 13.9. The smallest absolute Gasteiger partial charge is 0.327 e. The summed E-state index contributed by atoms with van der Waals surface area (Å²) in [6, 6.07) is 8.00. The van der Waals surface area contributed by atoms with Crippen LogP contribution in [0, 0.1) is 5.41 Å². The molecule has 22 heavy (non-hydrogen) atoms. The van der Waals surface area contributed by atoms with Gasteiger partial charge in [-0.25, -0.2) is 0 Å². The molecular formula is C18H22O4. The molecule has 1 aromatic carbocycles. The van der Waals surface area contributed by atoms with E-state index in [1.807, 2.05) is 24.3 Å². The molecule has 0 saturated carbocycles. The lowest BCUT2D eigenvalue weighted by molar-refractivity contribution is -0.167. The van der Waals surface area contributed by atoms with Gasteiger partial charge in [-0.15, -0.1) is 0 Å². The number of fused-ring (bicyclic) bond motifs is 1. The van der Waals surface area contributed by atoms with Crippen molar-refractivity contribution >= 4 is 18.0 Å². The third-order valence-corrected chi connectivity index (χ3v) is 4.06. The number of carbonyl (C=O) groups excluding carboxylic acids is 2. The van der Waals surface area contributed by atoms with E-state index in [2.05, 4.69) is 6.07 Å². The molecule has 4 nitrogen and oxygen atoms in total. The van der Waals surface area contributed by atoms with Gasteiger partial charge in [-0.1, -0.05) is 30.3 Å². The van der Waals surface area contributed by atoms with Crippen LogP contribution in [0.5, 0.6) is 0 Å². The van der Waals surface area contributed by atoms with Crippen LogP contribution in [0.1, 0.15) is 38.3 Å². The Hall–Kier alpha value is -2.10. The summed E-state index contributed by atoms with van der Waals surface area (Å²) < 4.78 is 10.3. The van der Waals surface area contributed by atoms with Crippen LogP contribution in [0.2, 0.25) is 0 Å². The lowest BCUT2D eigenvalue weighted by atomic mass is 9.75. The van der Waals surface area contributed by atoms with E-state index in [1.165, 1.54) is 5.56 Å². The van der Waals surface area contributed by atoms with Crippen molar-refractivity contribution in [1.82, 2.24) is 0 Å². The van der Waals surface area contributed by atoms with E-state index in [-0.39, 0.29) is 13.2 Å². The van der Waals surface area contributed by atoms with Gasteiger partial charge in [-0.2, -0.15) is 0 Å². The molecular weight excluding hydrogens is 280 g/mol. The van der Waals surface area contributed by atoms with Gasteiger partial charge in [0.05, 0.1) is 13.2 Å². The van der Waals surface area contributed by atoms with Crippen molar-refractivity contribution in [1.29, 1.82) is 0 Å². The van der Waals surface area contributed by atoms with Crippen LogP contribution in [0.25, 0.3) is 6.08 Å². The van der Waals surface area contributed by atoms with Crippen molar-refractivity contribution in [3.8, 4) is 0 Å². The highest BCUT2D eigenvalue weighted by Crippen LogP contribution is 2.38. The van der Waals surface area contributed by atoms with Crippen molar-refractivity contribution in [2.45, 2.75) is 33.6 Å². The topological polar surface area (TPSA) is 52.6 Å².